The van der Waals surface area contributed by atoms with E-state index < -0.39 is 0 Å². The molecule has 1 amide bonds. The summed E-state index contributed by atoms with van der Waals surface area (Å²) in [6, 6.07) is 0. The number of amides is 1. The average Bonchev–Trinajstić information content (AvgIpc) is 3.20. The van der Waals surface area contributed by atoms with Gasteiger partial charge >= 0.3 is 0 Å². The summed E-state index contributed by atoms with van der Waals surface area (Å²) in [5, 5.41) is 14.9. The van der Waals surface area contributed by atoms with Crippen molar-refractivity contribution in [1.29, 1.82) is 0 Å². The van der Waals surface area contributed by atoms with Crippen molar-refractivity contribution in [1.82, 2.24) is 25.3 Å². The molecule has 0 unspecified atom stereocenters. The summed E-state index contributed by atoms with van der Waals surface area (Å²) in [6.07, 6.45) is 8.13. The van der Waals surface area contributed by atoms with Gasteiger partial charge in [-0.1, -0.05) is 12.8 Å². The molecule has 24 heavy (non-hydrogen) atoms. The fourth-order valence-corrected chi connectivity index (χ4v) is 3.38. The maximum atomic E-state index is 12.4. The Balaban J connectivity index is 1.63. The fraction of sp³-hybridized carbons (Fsp3) is 0.588. The molecule has 2 aromatic rings. The molecule has 2 N–H and O–H groups in total. The Hall–Kier alpha value is -1.76. The summed E-state index contributed by atoms with van der Waals surface area (Å²) in [4.78, 5) is 12.4. The lowest BCUT2D eigenvalue weighted by molar-refractivity contribution is 0.0947. The minimum absolute atomic E-state index is 0.0759. The average molecular weight is 347 g/mol. The second-order valence-corrected chi connectivity index (χ2v) is 6.61. The standard InChI is InChI=1S/C17H25N5OS/c1-2-22-11-13-14(21-22)8-7-12-15(13)19-20-16(12)17(23)18-9-5-3-4-6-10-24/h11,24H,2-10H2,1H3,(H,18,23)(H,19,20). The molecule has 1 aliphatic rings. The van der Waals surface area contributed by atoms with Gasteiger partial charge < -0.3 is 5.32 Å². The topological polar surface area (TPSA) is 75.6 Å². The number of aromatic amines is 1. The molecule has 0 atom stereocenters. The normalized spacial score (nSPS) is 12.8. The van der Waals surface area contributed by atoms with Crippen LogP contribution in [0.2, 0.25) is 0 Å². The Bertz CT molecular complexity index is 706. The monoisotopic (exact) mass is 347 g/mol. The highest BCUT2D eigenvalue weighted by Crippen LogP contribution is 2.32. The van der Waals surface area contributed by atoms with Gasteiger partial charge in [0.05, 0.1) is 11.4 Å². The second kappa shape index (κ2) is 7.88. The first-order valence-electron chi connectivity index (χ1n) is 8.77. The SMILES string of the molecule is CCn1cc2c(n1)CCc1c(C(=O)NCCCCCCS)n[nH]c1-2. The maximum absolute atomic E-state index is 12.4. The van der Waals surface area contributed by atoms with Gasteiger partial charge in [0.25, 0.3) is 5.91 Å². The fourth-order valence-electron chi connectivity index (χ4n) is 3.16. The summed E-state index contributed by atoms with van der Waals surface area (Å²) < 4.78 is 1.94. The molecular weight excluding hydrogens is 322 g/mol. The quantitative estimate of drug-likeness (QED) is 0.507. The van der Waals surface area contributed by atoms with Crippen LogP contribution < -0.4 is 5.32 Å². The minimum Gasteiger partial charge on any atom is -0.351 e. The molecule has 2 heterocycles. The summed E-state index contributed by atoms with van der Waals surface area (Å²) >= 11 is 4.21. The third-order valence-corrected chi connectivity index (χ3v) is 4.81. The zero-order chi connectivity index (χ0) is 16.9. The summed E-state index contributed by atoms with van der Waals surface area (Å²) in [6.45, 7) is 3.62. The number of unbranched alkanes of at least 4 members (excludes halogenated alkanes) is 3. The van der Waals surface area contributed by atoms with Crippen molar-refractivity contribution in [3.63, 3.8) is 0 Å². The van der Waals surface area contributed by atoms with Crippen molar-refractivity contribution in [3.8, 4) is 11.3 Å². The van der Waals surface area contributed by atoms with Gasteiger partial charge in [0.1, 0.15) is 0 Å². The van der Waals surface area contributed by atoms with Gasteiger partial charge in [0.2, 0.25) is 0 Å². The van der Waals surface area contributed by atoms with Gasteiger partial charge in [0, 0.05) is 30.4 Å². The van der Waals surface area contributed by atoms with Crippen molar-refractivity contribution in [3.05, 3.63) is 23.1 Å². The molecule has 0 saturated carbocycles. The van der Waals surface area contributed by atoms with E-state index in [2.05, 4.69) is 40.2 Å². The predicted molar refractivity (Wildman–Crippen MR) is 97.5 cm³/mol. The van der Waals surface area contributed by atoms with Crippen LogP contribution >= 0.6 is 12.6 Å². The van der Waals surface area contributed by atoms with E-state index in [0.717, 1.165) is 66.9 Å². The summed E-state index contributed by atoms with van der Waals surface area (Å²) in [5.74, 6) is 0.857. The minimum atomic E-state index is -0.0759. The van der Waals surface area contributed by atoms with Crippen LogP contribution in [0.15, 0.2) is 6.20 Å². The summed E-state index contributed by atoms with van der Waals surface area (Å²) in [7, 11) is 0. The number of aryl methyl sites for hydroxylation is 2. The van der Waals surface area contributed by atoms with E-state index >= 15 is 0 Å². The highest BCUT2D eigenvalue weighted by molar-refractivity contribution is 7.80. The Morgan fingerprint density at radius 1 is 1.33 bits per heavy atom. The first-order valence-corrected chi connectivity index (χ1v) is 9.40. The molecule has 0 bridgehead atoms. The number of H-pyrrole nitrogens is 1. The summed E-state index contributed by atoms with van der Waals surface area (Å²) in [5.41, 5.74) is 4.68. The van der Waals surface area contributed by atoms with E-state index in [-0.39, 0.29) is 5.91 Å². The Kier molecular flexibility index (Phi) is 5.60. The van der Waals surface area contributed by atoms with E-state index in [0.29, 0.717) is 12.2 Å². The van der Waals surface area contributed by atoms with E-state index in [1.54, 1.807) is 0 Å². The highest BCUT2D eigenvalue weighted by atomic mass is 32.1. The number of rotatable bonds is 8. The Labute approximate surface area is 147 Å². The number of aromatic nitrogens is 4. The number of nitrogens with one attached hydrogen (secondary N) is 2. The lowest BCUT2D eigenvalue weighted by atomic mass is 9.94. The van der Waals surface area contributed by atoms with Gasteiger partial charge in [-0.25, -0.2) is 0 Å². The number of nitrogens with zero attached hydrogens (tertiary/aromatic N) is 3. The van der Waals surface area contributed by atoms with E-state index in [4.69, 9.17) is 0 Å². The van der Waals surface area contributed by atoms with Gasteiger partial charge in [0.15, 0.2) is 5.69 Å². The number of carbonyl (C=O) groups is 1. The van der Waals surface area contributed by atoms with Gasteiger partial charge in [-0.3, -0.25) is 14.6 Å². The van der Waals surface area contributed by atoms with Crippen molar-refractivity contribution >= 4 is 18.5 Å². The molecule has 0 spiro atoms. The Morgan fingerprint density at radius 2 is 2.17 bits per heavy atom. The third-order valence-electron chi connectivity index (χ3n) is 4.50. The van der Waals surface area contributed by atoms with Crippen LogP contribution in [-0.4, -0.2) is 38.2 Å². The molecule has 0 radical (unpaired) electrons. The van der Waals surface area contributed by atoms with Crippen molar-refractivity contribution in [2.24, 2.45) is 0 Å². The van der Waals surface area contributed by atoms with E-state index in [1.165, 1.54) is 6.42 Å². The number of hydrogen-bond acceptors (Lipinski definition) is 4. The molecule has 130 valence electrons. The van der Waals surface area contributed by atoms with Crippen LogP contribution in [0.5, 0.6) is 0 Å². The van der Waals surface area contributed by atoms with E-state index in [9.17, 15) is 4.79 Å². The molecular formula is C17H25N5OS. The number of carbonyl (C=O) groups excluding carboxylic acids is 1. The van der Waals surface area contributed by atoms with Crippen LogP contribution in [0.1, 0.15) is 54.4 Å². The van der Waals surface area contributed by atoms with Crippen LogP contribution in [0.25, 0.3) is 11.3 Å². The van der Waals surface area contributed by atoms with Crippen molar-refractivity contribution in [2.45, 2.75) is 52.0 Å². The Morgan fingerprint density at radius 3 is 2.96 bits per heavy atom. The molecule has 0 aromatic carbocycles. The molecule has 3 rings (SSSR count). The molecule has 0 saturated heterocycles. The number of thiol groups is 1. The smallest absolute Gasteiger partial charge is 0.272 e. The van der Waals surface area contributed by atoms with Crippen molar-refractivity contribution in [2.75, 3.05) is 12.3 Å². The molecule has 6 nitrogen and oxygen atoms in total. The molecule has 1 aliphatic carbocycles. The third kappa shape index (κ3) is 3.50. The predicted octanol–water partition coefficient (Wildman–Crippen LogP) is 2.61. The zero-order valence-electron chi connectivity index (χ0n) is 14.1. The van der Waals surface area contributed by atoms with Crippen LogP contribution in [0.3, 0.4) is 0 Å². The van der Waals surface area contributed by atoms with Crippen LogP contribution in [-0.2, 0) is 19.4 Å². The second-order valence-electron chi connectivity index (χ2n) is 6.16. The molecule has 2 aromatic heterocycles. The van der Waals surface area contributed by atoms with Gasteiger partial charge in [-0.2, -0.15) is 22.8 Å². The van der Waals surface area contributed by atoms with Gasteiger partial charge in [-0.15, -0.1) is 0 Å². The van der Waals surface area contributed by atoms with Crippen LogP contribution in [0.4, 0.5) is 0 Å². The van der Waals surface area contributed by atoms with Crippen molar-refractivity contribution < 1.29 is 4.79 Å². The molecule has 7 heteroatoms. The zero-order valence-corrected chi connectivity index (χ0v) is 15.0. The lowest BCUT2D eigenvalue weighted by Crippen LogP contribution is -2.26. The van der Waals surface area contributed by atoms with Crippen LogP contribution in [0, 0.1) is 0 Å². The van der Waals surface area contributed by atoms with E-state index in [1.807, 2.05) is 10.9 Å². The van der Waals surface area contributed by atoms with Gasteiger partial charge in [-0.05, 0) is 38.4 Å². The first kappa shape index (κ1) is 17.1. The first-order chi connectivity index (χ1) is 11.7. The molecule has 0 aliphatic heterocycles. The lowest BCUT2D eigenvalue weighted by Gasteiger charge is -2.11. The number of hydrogen-bond donors (Lipinski definition) is 3. The number of fused-ring (bicyclic) bond motifs is 3. The largest absolute Gasteiger partial charge is 0.351 e. The highest BCUT2D eigenvalue weighted by Gasteiger charge is 2.27. The maximum Gasteiger partial charge on any atom is 0.272 e. The molecule has 0 fully saturated rings.